The van der Waals surface area contributed by atoms with Crippen LogP contribution in [0.4, 0.5) is 17.1 Å². The predicted molar refractivity (Wildman–Crippen MR) is 155 cm³/mol. The minimum absolute atomic E-state index is 0.0107. The highest BCUT2D eigenvalue weighted by Gasteiger charge is 2.38. The lowest BCUT2D eigenvalue weighted by Gasteiger charge is -2.46. The molecule has 0 spiro atoms. The van der Waals surface area contributed by atoms with Gasteiger partial charge >= 0.3 is 0 Å². The van der Waals surface area contributed by atoms with Crippen LogP contribution in [0, 0.1) is 0 Å². The van der Waals surface area contributed by atoms with Gasteiger partial charge in [0.1, 0.15) is 0 Å². The summed E-state index contributed by atoms with van der Waals surface area (Å²) in [5, 5.41) is 3.04. The van der Waals surface area contributed by atoms with Gasteiger partial charge in [-0.2, -0.15) is 0 Å². The second kappa shape index (κ2) is 11.4. The maximum Gasteiger partial charge on any atom is 0.258 e. The summed E-state index contributed by atoms with van der Waals surface area (Å²) in [5.41, 5.74) is 5.98. The van der Waals surface area contributed by atoms with E-state index in [1.54, 1.807) is 32.4 Å². The van der Waals surface area contributed by atoms with Gasteiger partial charge in [0.25, 0.3) is 5.91 Å². The summed E-state index contributed by atoms with van der Waals surface area (Å²) in [4.78, 5) is 30.4. The largest absolute Gasteiger partial charge is 0.493 e. The second-order valence-corrected chi connectivity index (χ2v) is 10.3. The van der Waals surface area contributed by atoms with Crippen molar-refractivity contribution in [3.63, 3.8) is 0 Å². The molecule has 5 rings (SSSR count). The fourth-order valence-electron chi connectivity index (χ4n) is 5.97. The Hall–Kier alpha value is -4.00. The number of nitrogens with zero attached hydrogens (tertiary/aromatic N) is 2. The Bertz CT molecular complexity index is 1370. The van der Waals surface area contributed by atoms with Crippen molar-refractivity contribution in [1.29, 1.82) is 0 Å². The number of carbonyl (C=O) groups excluding carboxylic acids is 2. The van der Waals surface area contributed by atoms with Gasteiger partial charge in [-0.15, -0.1) is 0 Å². The number of rotatable bonds is 7. The van der Waals surface area contributed by atoms with Crippen molar-refractivity contribution in [3.05, 3.63) is 77.4 Å². The van der Waals surface area contributed by atoms with Crippen LogP contribution in [0.1, 0.15) is 67.1 Å². The summed E-state index contributed by atoms with van der Waals surface area (Å²) in [6, 6.07) is 20.0. The Morgan fingerprint density at radius 1 is 0.974 bits per heavy atom. The van der Waals surface area contributed by atoms with E-state index in [9.17, 15) is 9.59 Å². The minimum atomic E-state index is -0.0548. The summed E-state index contributed by atoms with van der Waals surface area (Å²) in [6.07, 6.45) is 4.19. The van der Waals surface area contributed by atoms with Gasteiger partial charge in [0.2, 0.25) is 5.91 Å². The van der Waals surface area contributed by atoms with E-state index in [-0.39, 0.29) is 23.9 Å². The number of anilines is 3. The third-order valence-corrected chi connectivity index (χ3v) is 7.78. The van der Waals surface area contributed by atoms with Crippen molar-refractivity contribution in [2.45, 2.75) is 58.0 Å². The first kappa shape index (κ1) is 26.6. The minimum Gasteiger partial charge on any atom is -0.493 e. The number of para-hydroxylation sites is 1. The molecule has 2 heterocycles. The number of hydrogen-bond donors (Lipinski definition) is 1. The molecule has 2 unspecified atom stereocenters. The van der Waals surface area contributed by atoms with Crippen LogP contribution in [0.15, 0.2) is 60.7 Å². The molecule has 204 valence electrons. The Morgan fingerprint density at radius 2 is 1.77 bits per heavy atom. The topological polar surface area (TPSA) is 71.1 Å². The van der Waals surface area contributed by atoms with Gasteiger partial charge in [-0.1, -0.05) is 25.1 Å². The Morgan fingerprint density at radius 3 is 2.54 bits per heavy atom. The molecule has 0 bridgehead atoms. The van der Waals surface area contributed by atoms with Crippen molar-refractivity contribution in [2.75, 3.05) is 35.9 Å². The molecule has 0 saturated carbocycles. The van der Waals surface area contributed by atoms with Crippen molar-refractivity contribution < 1.29 is 19.1 Å². The summed E-state index contributed by atoms with van der Waals surface area (Å²) >= 11 is 0. The van der Waals surface area contributed by atoms with E-state index >= 15 is 0 Å². The molecule has 7 nitrogen and oxygen atoms in total. The molecule has 3 aromatic rings. The summed E-state index contributed by atoms with van der Waals surface area (Å²) in [5.74, 6) is 1.13. The standard InChI is InChI=1S/C32H37N3O4/c1-5-9-31(36)33-24-14-15-26-22(19-24)10-8-17-34(26)28-18-21(2)35(27-12-7-6-11-25(27)28)32(37)23-13-16-29(38-3)30(20-23)39-4/h6-7,11-16,19-21,28H,5,8-10,17-18H2,1-4H3,(H,33,36). The zero-order chi connectivity index (χ0) is 27.5. The number of amides is 2. The smallest absolute Gasteiger partial charge is 0.258 e. The number of ether oxygens (including phenoxy) is 2. The Balaban J connectivity index is 1.46. The van der Waals surface area contributed by atoms with Crippen LogP contribution >= 0.6 is 0 Å². The van der Waals surface area contributed by atoms with Crippen LogP contribution in [0.5, 0.6) is 11.5 Å². The van der Waals surface area contributed by atoms with Crippen LogP contribution in [0.2, 0.25) is 0 Å². The lowest BCUT2D eigenvalue weighted by Crippen LogP contribution is -2.47. The number of hydrogen-bond acceptors (Lipinski definition) is 5. The van der Waals surface area contributed by atoms with Gasteiger partial charge < -0.3 is 24.6 Å². The van der Waals surface area contributed by atoms with E-state index < -0.39 is 0 Å². The summed E-state index contributed by atoms with van der Waals surface area (Å²) < 4.78 is 10.8. The molecule has 0 aromatic heterocycles. The highest BCUT2D eigenvalue weighted by atomic mass is 16.5. The molecular weight excluding hydrogens is 490 g/mol. The zero-order valence-corrected chi connectivity index (χ0v) is 23.2. The molecule has 0 saturated heterocycles. The van der Waals surface area contributed by atoms with E-state index in [4.69, 9.17) is 9.47 Å². The molecule has 0 aliphatic carbocycles. The molecule has 7 heteroatoms. The highest BCUT2D eigenvalue weighted by molar-refractivity contribution is 6.07. The maximum atomic E-state index is 13.9. The predicted octanol–water partition coefficient (Wildman–Crippen LogP) is 6.38. The molecule has 39 heavy (non-hydrogen) atoms. The van der Waals surface area contributed by atoms with Gasteiger partial charge in [-0.3, -0.25) is 9.59 Å². The van der Waals surface area contributed by atoms with Crippen molar-refractivity contribution in [3.8, 4) is 11.5 Å². The normalized spacial score (nSPS) is 18.2. The summed E-state index contributed by atoms with van der Waals surface area (Å²) in [7, 11) is 3.17. The summed E-state index contributed by atoms with van der Waals surface area (Å²) in [6.45, 7) is 5.08. The van der Waals surface area contributed by atoms with E-state index in [0.29, 0.717) is 23.5 Å². The third kappa shape index (κ3) is 5.18. The van der Waals surface area contributed by atoms with E-state index in [1.165, 1.54) is 11.3 Å². The fourth-order valence-corrected chi connectivity index (χ4v) is 5.97. The molecule has 1 N–H and O–H groups in total. The Labute approximate surface area is 230 Å². The van der Waals surface area contributed by atoms with Gasteiger partial charge in [0.15, 0.2) is 11.5 Å². The van der Waals surface area contributed by atoms with Gasteiger partial charge in [-0.25, -0.2) is 0 Å². The zero-order valence-electron chi connectivity index (χ0n) is 23.2. The first-order valence-electron chi connectivity index (χ1n) is 13.8. The SMILES string of the molecule is CCCC(=O)Nc1ccc2c(c1)CCCN2C1CC(C)N(C(=O)c2ccc(OC)c(OC)c2)c2ccccc21. The molecule has 2 aliphatic rings. The third-order valence-electron chi connectivity index (χ3n) is 7.78. The molecule has 3 aromatic carbocycles. The van der Waals surface area contributed by atoms with E-state index in [2.05, 4.69) is 41.4 Å². The van der Waals surface area contributed by atoms with Crippen LogP contribution in [-0.4, -0.2) is 38.6 Å². The van der Waals surface area contributed by atoms with Gasteiger partial charge in [0, 0.05) is 41.6 Å². The van der Waals surface area contributed by atoms with Crippen molar-refractivity contribution >= 4 is 28.9 Å². The molecule has 0 fully saturated rings. The highest BCUT2D eigenvalue weighted by Crippen LogP contribution is 2.45. The van der Waals surface area contributed by atoms with E-state index in [0.717, 1.165) is 49.2 Å². The lowest BCUT2D eigenvalue weighted by atomic mass is 9.87. The van der Waals surface area contributed by atoms with Crippen molar-refractivity contribution in [2.24, 2.45) is 0 Å². The number of carbonyl (C=O) groups is 2. The first-order valence-corrected chi connectivity index (χ1v) is 13.8. The van der Waals surface area contributed by atoms with Crippen LogP contribution in [-0.2, 0) is 11.2 Å². The number of methoxy groups -OCH3 is 2. The maximum absolute atomic E-state index is 13.9. The van der Waals surface area contributed by atoms with E-state index in [1.807, 2.05) is 30.0 Å². The quantitative estimate of drug-likeness (QED) is 0.386. The number of aryl methyl sites for hydroxylation is 1. The lowest BCUT2D eigenvalue weighted by molar-refractivity contribution is -0.116. The molecule has 2 atom stereocenters. The first-order chi connectivity index (χ1) is 18.9. The van der Waals surface area contributed by atoms with Gasteiger partial charge in [0.05, 0.1) is 20.3 Å². The second-order valence-electron chi connectivity index (χ2n) is 10.3. The molecule has 0 radical (unpaired) electrons. The number of benzene rings is 3. The molecular formula is C32H37N3O4. The van der Waals surface area contributed by atoms with Crippen LogP contribution < -0.4 is 24.6 Å². The van der Waals surface area contributed by atoms with Crippen LogP contribution in [0.3, 0.4) is 0 Å². The van der Waals surface area contributed by atoms with Gasteiger partial charge in [-0.05, 0) is 86.2 Å². The number of nitrogens with one attached hydrogen (secondary N) is 1. The monoisotopic (exact) mass is 527 g/mol. The Kier molecular flexibility index (Phi) is 7.77. The molecule has 2 aliphatic heterocycles. The average Bonchev–Trinajstić information content (AvgIpc) is 2.95. The molecule has 2 amide bonds. The average molecular weight is 528 g/mol. The van der Waals surface area contributed by atoms with Crippen molar-refractivity contribution in [1.82, 2.24) is 0 Å². The fraction of sp³-hybridized carbons (Fsp3) is 0.375. The number of fused-ring (bicyclic) bond motifs is 2. The van der Waals surface area contributed by atoms with Crippen LogP contribution in [0.25, 0.3) is 0 Å².